The highest BCUT2D eigenvalue weighted by Gasteiger charge is 2.31. The monoisotopic (exact) mass is 287 g/mol. The zero-order valence-corrected chi connectivity index (χ0v) is 14.0. The van der Waals surface area contributed by atoms with Crippen molar-refractivity contribution in [3.63, 3.8) is 0 Å². The molecule has 0 aliphatic rings. The number of nitrogens with two attached hydrogens (primary N) is 1. The van der Waals surface area contributed by atoms with Crippen molar-refractivity contribution in [3.8, 4) is 0 Å². The van der Waals surface area contributed by atoms with Gasteiger partial charge in [0.2, 0.25) is 5.91 Å². The quantitative estimate of drug-likeness (QED) is 0.600. The SMILES string of the molecule is COCCN(CCC(C)(NC(C)C)C(N)=O)CC(C)C. The molecule has 0 aromatic heterocycles. The molecule has 0 saturated carbocycles. The summed E-state index contributed by atoms with van der Waals surface area (Å²) in [5, 5.41) is 3.29. The Morgan fingerprint density at radius 1 is 1.30 bits per heavy atom. The fourth-order valence-electron chi connectivity index (χ4n) is 2.32. The molecule has 0 aliphatic carbocycles. The van der Waals surface area contributed by atoms with Gasteiger partial charge in [0.25, 0.3) is 0 Å². The summed E-state index contributed by atoms with van der Waals surface area (Å²) in [6.45, 7) is 13.7. The molecule has 0 aromatic rings. The summed E-state index contributed by atoms with van der Waals surface area (Å²) in [7, 11) is 1.71. The molecule has 0 heterocycles. The molecule has 20 heavy (non-hydrogen) atoms. The van der Waals surface area contributed by atoms with Gasteiger partial charge in [0.1, 0.15) is 0 Å². The molecule has 0 fully saturated rings. The summed E-state index contributed by atoms with van der Waals surface area (Å²) in [6.07, 6.45) is 0.705. The lowest BCUT2D eigenvalue weighted by atomic mass is 9.95. The van der Waals surface area contributed by atoms with Gasteiger partial charge in [0.05, 0.1) is 12.1 Å². The lowest BCUT2D eigenvalue weighted by molar-refractivity contribution is -0.124. The Kier molecular flexibility index (Phi) is 9.01. The summed E-state index contributed by atoms with van der Waals surface area (Å²) < 4.78 is 5.15. The average molecular weight is 287 g/mol. The predicted molar refractivity (Wildman–Crippen MR) is 83.6 cm³/mol. The molecule has 0 bridgehead atoms. The van der Waals surface area contributed by atoms with Crippen LogP contribution in [0.2, 0.25) is 0 Å². The van der Waals surface area contributed by atoms with Gasteiger partial charge in [0, 0.05) is 32.8 Å². The van der Waals surface area contributed by atoms with E-state index in [0.717, 1.165) is 19.6 Å². The van der Waals surface area contributed by atoms with E-state index < -0.39 is 5.54 Å². The van der Waals surface area contributed by atoms with Crippen molar-refractivity contribution in [2.75, 3.05) is 33.4 Å². The molecule has 3 N–H and O–H groups in total. The van der Waals surface area contributed by atoms with Gasteiger partial charge in [-0.3, -0.25) is 4.79 Å². The van der Waals surface area contributed by atoms with Crippen LogP contribution in [0.5, 0.6) is 0 Å². The molecule has 120 valence electrons. The van der Waals surface area contributed by atoms with Crippen LogP contribution in [0.4, 0.5) is 0 Å². The van der Waals surface area contributed by atoms with Crippen LogP contribution in [-0.2, 0) is 9.53 Å². The summed E-state index contributed by atoms with van der Waals surface area (Å²) in [5.41, 5.74) is 4.91. The van der Waals surface area contributed by atoms with Crippen LogP contribution < -0.4 is 11.1 Å². The highest BCUT2D eigenvalue weighted by Crippen LogP contribution is 2.12. The third kappa shape index (κ3) is 7.82. The summed E-state index contributed by atoms with van der Waals surface area (Å²) in [4.78, 5) is 14.1. The summed E-state index contributed by atoms with van der Waals surface area (Å²) in [6, 6.07) is 0.227. The van der Waals surface area contributed by atoms with E-state index in [1.54, 1.807) is 7.11 Å². The van der Waals surface area contributed by atoms with Crippen molar-refractivity contribution < 1.29 is 9.53 Å². The second-order valence-electron chi connectivity index (χ2n) is 6.43. The van der Waals surface area contributed by atoms with Gasteiger partial charge in [-0.15, -0.1) is 0 Å². The number of methoxy groups -OCH3 is 1. The molecule has 1 unspecified atom stereocenters. The molecule has 5 heteroatoms. The smallest absolute Gasteiger partial charge is 0.237 e. The van der Waals surface area contributed by atoms with E-state index in [1.807, 2.05) is 20.8 Å². The van der Waals surface area contributed by atoms with Crippen LogP contribution in [0.1, 0.15) is 41.0 Å². The number of primary amides is 1. The standard InChI is InChI=1S/C15H33N3O2/c1-12(2)11-18(9-10-20-6)8-7-15(5,14(16)19)17-13(3)4/h12-13,17H,7-11H2,1-6H3,(H2,16,19). The minimum Gasteiger partial charge on any atom is -0.383 e. The Hall–Kier alpha value is -0.650. The first-order valence-electron chi connectivity index (χ1n) is 7.50. The molecule has 0 rings (SSSR count). The molecule has 1 amide bonds. The van der Waals surface area contributed by atoms with Gasteiger partial charge < -0.3 is 20.7 Å². The number of ether oxygens (including phenoxy) is 1. The van der Waals surface area contributed by atoms with Crippen LogP contribution in [0, 0.1) is 5.92 Å². The average Bonchev–Trinajstić information content (AvgIpc) is 2.31. The third-order valence-electron chi connectivity index (χ3n) is 3.31. The van der Waals surface area contributed by atoms with Crippen LogP contribution >= 0.6 is 0 Å². The fraction of sp³-hybridized carbons (Fsp3) is 0.933. The third-order valence-corrected chi connectivity index (χ3v) is 3.31. The number of hydrogen-bond acceptors (Lipinski definition) is 4. The largest absolute Gasteiger partial charge is 0.383 e. The zero-order chi connectivity index (χ0) is 15.8. The maximum atomic E-state index is 11.7. The second kappa shape index (κ2) is 9.32. The summed E-state index contributed by atoms with van der Waals surface area (Å²) >= 11 is 0. The Morgan fingerprint density at radius 3 is 2.30 bits per heavy atom. The Morgan fingerprint density at radius 2 is 1.90 bits per heavy atom. The molecule has 0 aromatic carbocycles. The minimum absolute atomic E-state index is 0.227. The number of carbonyl (C=O) groups excluding carboxylic acids is 1. The minimum atomic E-state index is -0.656. The van der Waals surface area contributed by atoms with Gasteiger partial charge in [0.15, 0.2) is 0 Å². The van der Waals surface area contributed by atoms with E-state index in [9.17, 15) is 4.79 Å². The first-order valence-corrected chi connectivity index (χ1v) is 7.50. The van der Waals surface area contributed by atoms with Gasteiger partial charge >= 0.3 is 0 Å². The molecule has 0 spiro atoms. The zero-order valence-electron chi connectivity index (χ0n) is 14.0. The first kappa shape index (κ1) is 19.4. The van der Waals surface area contributed by atoms with Gasteiger partial charge in [-0.1, -0.05) is 13.8 Å². The number of nitrogens with zero attached hydrogens (tertiary/aromatic N) is 1. The van der Waals surface area contributed by atoms with Crippen LogP contribution in [-0.4, -0.2) is 55.7 Å². The van der Waals surface area contributed by atoms with Crippen molar-refractivity contribution in [1.29, 1.82) is 0 Å². The first-order chi connectivity index (χ1) is 9.21. The van der Waals surface area contributed by atoms with Crippen molar-refractivity contribution in [1.82, 2.24) is 10.2 Å². The van der Waals surface area contributed by atoms with E-state index in [4.69, 9.17) is 10.5 Å². The number of carbonyl (C=O) groups is 1. The van der Waals surface area contributed by atoms with Crippen LogP contribution in [0.25, 0.3) is 0 Å². The lowest BCUT2D eigenvalue weighted by Gasteiger charge is -2.33. The summed E-state index contributed by atoms with van der Waals surface area (Å²) in [5.74, 6) is 0.298. The number of rotatable bonds is 11. The molecule has 5 nitrogen and oxygen atoms in total. The van der Waals surface area contributed by atoms with E-state index in [2.05, 4.69) is 24.1 Å². The van der Waals surface area contributed by atoms with Gasteiger partial charge in [-0.05, 0) is 33.1 Å². The van der Waals surface area contributed by atoms with Gasteiger partial charge in [-0.25, -0.2) is 0 Å². The van der Waals surface area contributed by atoms with Crippen molar-refractivity contribution in [2.24, 2.45) is 11.7 Å². The molecular formula is C15H33N3O2. The maximum Gasteiger partial charge on any atom is 0.237 e. The lowest BCUT2D eigenvalue weighted by Crippen LogP contribution is -2.57. The van der Waals surface area contributed by atoms with Crippen molar-refractivity contribution >= 4 is 5.91 Å². The molecule has 0 radical (unpaired) electrons. The fourth-order valence-corrected chi connectivity index (χ4v) is 2.32. The second-order valence-corrected chi connectivity index (χ2v) is 6.43. The van der Waals surface area contributed by atoms with Gasteiger partial charge in [-0.2, -0.15) is 0 Å². The Balaban J connectivity index is 4.56. The predicted octanol–water partition coefficient (Wildman–Crippen LogP) is 1.22. The van der Waals surface area contributed by atoms with Crippen molar-refractivity contribution in [2.45, 2.75) is 52.6 Å². The highest BCUT2D eigenvalue weighted by molar-refractivity contribution is 5.84. The maximum absolute atomic E-state index is 11.7. The topological polar surface area (TPSA) is 67.6 Å². The highest BCUT2D eigenvalue weighted by atomic mass is 16.5. The van der Waals surface area contributed by atoms with Crippen LogP contribution in [0.3, 0.4) is 0 Å². The van der Waals surface area contributed by atoms with Crippen LogP contribution in [0.15, 0.2) is 0 Å². The molecule has 1 atom stereocenters. The van der Waals surface area contributed by atoms with E-state index in [-0.39, 0.29) is 11.9 Å². The Labute approximate surface area is 124 Å². The Bertz CT molecular complexity index is 282. The van der Waals surface area contributed by atoms with E-state index >= 15 is 0 Å². The normalized spacial score (nSPS) is 15.1. The molecule has 0 saturated heterocycles. The van der Waals surface area contributed by atoms with Crippen molar-refractivity contribution in [3.05, 3.63) is 0 Å². The molecule has 0 aliphatic heterocycles. The number of nitrogens with one attached hydrogen (secondary N) is 1. The van der Waals surface area contributed by atoms with E-state index in [1.165, 1.54) is 0 Å². The van der Waals surface area contributed by atoms with E-state index in [0.29, 0.717) is 18.9 Å². The molecular weight excluding hydrogens is 254 g/mol. The number of hydrogen-bond donors (Lipinski definition) is 2. The number of amides is 1.